The quantitative estimate of drug-likeness (QED) is 0.501. The first-order valence-corrected chi connectivity index (χ1v) is 4.49. The second-order valence-corrected chi connectivity index (χ2v) is 3.77. The highest BCUT2D eigenvalue weighted by Crippen LogP contribution is 2.37. The van der Waals surface area contributed by atoms with Gasteiger partial charge < -0.3 is 4.74 Å². The number of hydrogen-bond acceptors (Lipinski definition) is 1. The Balaban J connectivity index is 2.03. The maximum absolute atomic E-state index is 5.63. The molecule has 1 heterocycles. The van der Waals surface area contributed by atoms with Gasteiger partial charge in [-0.25, -0.2) is 0 Å². The highest BCUT2D eigenvalue weighted by atomic mass is 16.5. The molecule has 0 radical (unpaired) electrons. The summed E-state index contributed by atoms with van der Waals surface area (Å²) in [5.41, 5.74) is 0. The van der Waals surface area contributed by atoms with Crippen molar-refractivity contribution in [2.24, 2.45) is 11.8 Å². The van der Waals surface area contributed by atoms with Gasteiger partial charge in [-0.3, -0.25) is 0 Å². The predicted octanol–water partition coefficient (Wildman–Crippen LogP) is 2.21. The van der Waals surface area contributed by atoms with Crippen LogP contribution in [-0.2, 0) is 4.74 Å². The van der Waals surface area contributed by atoms with Gasteiger partial charge in [0.05, 0.1) is 6.10 Å². The van der Waals surface area contributed by atoms with Crippen LogP contribution in [0, 0.1) is 11.8 Å². The van der Waals surface area contributed by atoms with Gasteiger partial charge in [-0.1, -0.05) is 19.8 Å². The van der Waals surface area contributed by atoms with Crippen LogP contribution in [0.3, 0.4) is 0 Å². The minimum absolute atomic E-state index is 0.642. The lowest BCUT2D eigenvalue weighted by atomic mass is 9.78. The van der Waals surface area contributed by atoms with Gasteiger partial charge in [0.25, 0.3) is 0 Å². The van der Waals surface area contributed by atoms with Crippen molar-refractivity contribution in [3.8, 4) is 0 Å². The lowest BCUT2D eigenvalue weighted by Crippen LogP contribution is -2.26. The molecule has 3 atom stereocenters. The summed E-state index contributed by atoms with van der Waals surface area (Å²) in [6, 6.07) is 0. The van der Waals surface area contributed by atoms with Gasteiger partial charge in [0.2, 0.25) is 0 Å². The topological polar surface area (TPSA) is 9.23 Å². The first kappa shape index (κ1) is 6.66. The lowest BCUT2D eigenvalue weighted by molar-refractivity contribution is 0.0479. The molecule has 0 spiro atoms. The van der Waals surface area contributed by atoms with Crippen LogP contribution in [0.1, 0.15) is 32.6 Å². The minimum atomic E-state index is 0.642. The molecule has 2 fully saturated rings. The van der Waals surface area contributed by atoms with Crippen LogP contribution in [0.5, 0.6) is 0 Å². The SMILES string of the molecule is CC1CCCC2OCCC12. The molecule has 0 amide bonds. The zero-order valence-electron chi connectivity index (χ0n) is 6.68. The number of hydrogen-bond donors (Lipinski definition) is 0. The van der Waals surface area contributed by atoms with E-state index in [9.17, 15) is 0 Å². The highest BCUT2D eigenvalue weighted by Gasteiger charge is 2.34. The van der Waals surface area contributed by atoms with E-state index in [0.29, 0.717) is 6.10 Å². The molecule has 0 N–H and O–H groups in total. The Morgan fingerprint density at radius 3 is 2.90 bits per heavy atom. The van der Waals surface area contributed by atoms with Gasteiger partial charge in [0.15, 0.2) is 0 Å². The van der Waals surface area contributed by atoms with E-state index in [0.717, 1.165) is 18.4 Å². The Bertz CT molecular complexity index is 122. The molecule has 3 unspecified atom stereocenters. The summed E-state index contributed by atoms with van der Waals surface area (Å²) in [4.78, 5) is 0. The molecule has 58 valence electrons. The Kier molecular flexibility index (Phi) is 1.69. The van der Waals surface area contributed by atoms with Gasteiger partial charge in [0, 0.05) is 6.61 Å². The molecule has 1 saturated heterocycles. The summed E-state index contributed by atoms with van der Waals surface area (Å²) in [6.45, 7) is 3.41. The monoisotopic (exact) mass is 140 g/mol. The predicted molar refractivity (Wildman–Crippen MR) is 40.9 cm³/mol. The average molecular weight is 140 g/mol. The van der Waals surface area contributed by atoms with Gasteiger partial charge in [-0.2, -0.15) is 0 Å². The summed E-state index contributed by atoms with van der Waals surface area (Å²) in [5, 5.41) is 0. The van der Waals surface area contributed by atoms with E-state index in [4.69, 9.17) is 4.74 Å². The van der Waals surface area contributed by atoms with Gasteiger partial charge >= 0.3 is 0 Å². The fourth-order valence-electron chi connectivity index (χ4n) is 2.47. The third kappa shape index (κ3) is 0.968. The van der Waals surface area contributed by atoms with Crippen LogP contribution in [0.2, 0.25) is 0 Å². The molecular weight excluding hydrogens is 124 g/mol. The fourth-order valence-corrected chi connectivity index (χ4v) is 2.47. The molecule has 1 nitrogen and oxygen atoms in total. The Labute approximate surface area is 62.8 Å². The van der Waals surface area contributed by atoms with E-state index in [1.54, 1.807) is 0 Å². The number of rotatable bonds is 0. The van der Waals surface area contributed by atoms with E-state index in [1.165, 1.54) is 25.7 Å². The zero-order chi connectivity index (χ0) is 6.97. The normalized spacial score (nSPS) is 47.1. The lowest BCUT2D eigenvalue weighted by Gasteiger charge is -2.29. The van der Waals surface area contributed by atoms with Crippen LogP contribution >= 0.6 is 0 Å². The molecule has 1 aliphatic heterocycles. The van der Waals surface area contributed by atoms with Crippen LogP contribution in [0.25, 0.3) is 0 Å². The maximum atomic E-state index is 5.63. The molecule has 1 saturated carbocycles. The standard InChI is InChI=1S/C9H16O/c1-7-3-2-4-9-8(7)5-6-10-9/h7-9H,2-6H2,1H3. The summed E-state index contributed by atoms with van der Waals surface area (Å²) < 4.78 is 5.63. The summed E-state index contributed by atoms with van der Waals surface area (Å²) >= 11 is 0. The van der Waals surface area contributed by atoms with Gasteiger partial charge in [0.1, 0.15) is 0 Å². The highest BCUT2D eigenvalue weighted by molar-refractivity contribution is 4.84. The Morgan fingerprint density at radius 1 is 1.20 bits per heavy atom. The van der Waals surface area contributed by atoms with E-state index in [-0.39, 0.29) is 0 Å². The van der Waals surface area contributed by atoms with Crippen LogP contribution in [0.4, 0.5) is 0 Å². The Morgan fingerprint density at radius 2 is 2.10 bits per heavy atom. The molecule has 0 aromatic carbocycles. The molecule has 1 heteroatoms. The average Bonchev–Trinajstić information content (AvgIpc) is 2.36. The van der Waals surface area contributed by atoms with Crippen molar-refractivity contribution in [1.82, 2.24) is 0 Å². The van der Waals surface area contributed by atoms with Gasteiger partial charge in [-0.15, -0.1) is 0 Å². The van der Waals surface area contributed by atoms with Crippen molar-refractivity contribution in [2.75, 3.05) is 6.61 Å². The van der Waals surface area contributed by atoms with Crippen molar-refractivity contribution in [2.45, 2.75) is 38.7 Å². The zero-order valence-corrected chi connectivity index (χ0v) is 6.68. The molecular formula is C9H16O. The minimum Gasteiger partial charge on any atom is -0.378 e. The summed E-state index contributed by atoms with van der Waals surface area (Å²) in [6.07, 6.45) is 6.12. The first-order chi connectivity index (χ1) is 4.88. The third-order valence-corrected chi connectivity index (χ3v) is 3.14. The van der Waals surface area contributed by atoms with Gasteiger partial charge in [-0.05, 0) is 24.7 Å². The largest absolute Gasteiger partial charge is 0.378 e. The maximum Gasteiger partial charge on any atom is 0.0606 e. The van der Waals surface area contributed by atoms with E-state index < -0.39 is 0 Å². The van der Waals surface area contributed by atoms with Crippen LogP contribution in [-0.4, -0.2) is 12.7 Å². The van der Waals surface area contributed by atoms with Crippen molar-refractivity contribution in [3.63, 3.8) is 0 Å². The van der Waals surface area contributed by atoms with Crippen LogP contribution in [0.15, 0.2) is 0 Å². The Hall–Kier alpha value is -0.0400. The van der Waals surface area contributed by atoms with E-state index in [1.807, 2.05) is 0 Å². The molecule has 2 rings (SSSR count). The van der Waals surface area contributed by atoms with Crippen molar-refractivity contribution < 1.29 is 4.74 Å². The second-order valence-electron chi connectivity index (χ2n) is 3.77. The van der Waals surface area contributed by atoms with E-state index >= 15 is 0 Å². The molecule has 2 aliphatic rings. The molecule has 0 aromatic heterocycles. The molecule has 0 bridgehead atoms. The smallest absolute Gasteiger partial charge is 0.0606 e. The summed E-state index contributed by atoms with van der Waals surface area (Å²) in [5.74, 6) is 1.84. The summed E-state index contributed by atoms with van der Waals surface area (Å²) in [7, 11) is 0. The van der Waals surface area contributed by atoms with Crippen molar-refractivity contribution >= 4 is 0 Å². The molecule has 1 aliphatic carbocycles. The molecule has 0 aromatic rings. The van der Waals surface area contributed by atoms with Crippen LogP contribution < -0.4 is 0 Å². The fraction of sp³-hybridized carbons (Fsp3) is 1.00. The van der Waals surface area contributed by atoms with Crippen molar-refractivity contribution in [3.05, 3.63) is 0 Å². The van der Waals surface area contributed by atoms with Crippen molar-refractivity contribution in [1.29, 1.82) is 0 Å². The van der Waals surface area contributed by atoms with E-state index in [2.05, 4.69) is 6.92 Å². The third-order valence-electron chi connectivity index (χ3n) is 3.14. The molecule has 10 heavy (non-hydrogen) atoms. The second kappa shape index (κ2) is 2.54. The number of fused-ring (bicyclic) bond motifs is 1. The number of ether oxygens (including phenoxy) is 1. The first-order valence-electron chi connectivity index (χ1n) is 4.49.